The molecule has 0 unspecified atom stereocenters. The zero-order valence-electron chi connectivity index (χ0n) is 16.0. The molecule has 0 bridgehead atoms. The monoisotopic (exact) mass is 434 g/mol. The normalized spacial score (nSPS) is 11.4. The van der Waals surface area contributed by atoms with E-state index in [1.165, 1.54) is 12.1 Å². The van der Waals surface area contributed by atoms with Gasteiger partial charge in [-0.15, -0.1) is 0 Å². The van der Waals surface area contributed by atoms with Crippen molar-refractivity contribution in [3.8, 4) is 22.3 Å². The molecule has 4 rings (SSSR count). The van der Waals surface area contributed by atoms with Gasteiger partial charge < -0.3 is 0 Å². The fraction of sp³-hybridized carbons (Fsp3) is 0.0833. The Labute approximate surface area is 172 Å². The summed E-state index contributed by atoms with van der Waals surface area (Å²) in [5.41, 5.74) is -0.285. The maximum absolute atomic E-state index is 14.8. The second-order valence-electron chi connectivity index (χ2n) is 7.03. The summed E-state index contributed by atoms with van der Waals surface area (Å²) in [6.45, 7) is 1.73. The van der Waals surface area contributed by atoms with Crippen LogP contribution in [-0.4, -0.2) is 0 Å². The van der Waals surface area contributed by atoms with E-state index in [1.807, 2.05) is 0 Å². The number of fused-ring (bicyclic) bond motifs is 1. The van der Waals surface area contributed by atoms with Gasteiger partial charge in [-0.3, -0.25) is 0 Å². The Bertz CT molecular complexity index is 1320. The van der Waals surface area contributed by atoms with Crippen LogP contribution in [0.3, 0.4) is 0 Å². The molecule has 0 spiro atoms. The predicted octanol–water partition coefficient (Wildman–Crippen LogP) is 7.71. The number of rotatable bonds is 3. The average molecular weight is 434 g/mol. The van der Waals surface area contributed by atoms with Crippen molar-refractivity contribution in [3.63, 3.8) is 0 Å². The summed E-state index contributed by atoms with van der Waals surface area (Å²) < 4.78 is 98.8. The molecule has 0 aromatic heterocycles. The van der Waals surface area contributed by atoms with Crippen molar-refractivity contribution >= 4 is 10.8 Å². The van der Waals surface area contributed by atoms with Gasteiger partial charge in [0.05, 0.1) is 10.9 Å². The van der Waals surface area contributed by atoms with Crippen LogP contribution in [0.1, 0.15) is 12.5 Å². The Hall–Kier alpha value is -3.35. The van der Waals surface area contributed by atoms with Gasteiger partial charge in [0, 0.05) is 5.56 Å². The lowest BCUT2D eigenvalue weighted by atomic mass is 9.96. The molecule has 0 fully saturated rings. The van der Waals surface area contributed by atoms with Crippen LogP contribution in [0, 0.1) is 40.7 Å². The minimum atomic E-state index is -1.81. The second-order valence-corrected chi connectivity index (χ2v) is 7.03. The number of halogens is 7. The lowest BCUT2D eigenvalue weighted by Crippen LogP contribution is -1.97. The quantitative estimate of drug-likeness (QED) is 0.229. The molecule has 0 saturated heterocycles. The van der Waals surface area contributed by atoms with Crippen LogP contribution >= 0.6 is 0 Å². The molecule has 0 atom stereocenters. The van der Waals surface area contributed by atoms with Crippen LogP contribution < -0.4 is 0 Å². The van der Waals surface area contributed by atoms with Crippen molar-refractivity contribution in [2.75, 3.05) is 0 Å². The highest BCUT2D eigenvalue weighted by molar-refractivity contribution is 5.89. The Morgan fingerprint density at radius 1 is 0.581 bits per heavy atom. The third kappa shape index (κ3) is 3.54. The predicted molar refractivity (Wildman–Crippen MR) is 104 cm³/mol. The van der Waals surface area contributed by atoms with Crippen LogP contribution in [-0.2, 0) is 6.42 Å². The minimum Gasteiger partial charge on any atom is -0.206 e. The SMILES string of the molecule is CCc1cc(F)c(-c2ccc(-c3cc(F)c4c(F)c(F)c(F)cc4c3)c(F)c2)c(F)c1. The first-order valence-corrected chi connectivity index (χ1v) is 9.26. The van der Waals surface area contributed by atoms with Gasteiger partial charge in [0.1, 0.15) is 23.3 Å². The minimum absolute atomic E-state index is 0.0701. The van der Waals surface area contributed by atoms with Crippen molar-refractivity contribution in [1.82, 2.24) is 0 Å². The molecular formula is C24H13F7. The molecule has 0 saturated carbocycles. The lowest BCUT2D eigenvalue weighted by molar-refractivity contribution is 0.451. The summed E-state index contributed by atoms with van der Waals surface area (Å²) in [4.78, 5) is 0. The van der Waals surface area contributed by atoms with E-state index < -0.39 is 51.7 Å². The third-order valence-electron chi connectivity index (χ3n) is 5.10. The standard InChI is InChI=1S/C24H13F7/c1-2-11-5-17(26)21(18(27)6-11)12-3-4-15(16(25)8-12)13-7-14-10-20(29)23(30)24(31)22(14)19(28)9-13/h3-10H,2H2,1H3. The summed E-state index contributed by atoms with van der Waals surface area (Å²) >= 11 is 0. The molecule has 7 heteroatoms. The third-order valence-corrected chi connectivity index (χ3v) is 5.10. The van der Waals surface area contributed by atoms with Gasteiger partial charge in [0.15, 0.2) is 17.5 Å². The summed E-state index contributed by atoms with van der Waals surface area (Å²) in [6, 6.07) is 8.10. The van der Waals surface area contributed by atoms with E-state index >= 15 is 0 Å². The average Bonchev–Trinajstić information content (AvgIpc) is 2.71. The van der Waals surface area contributed by atoms with Crippen LogP contribution in [0.25, 0.3) is 33.0 Å². The van der Waals surface area contributed by atoms with Crippen LogP contribution in [0.4, 0.5) is 30.7 Å². The van der Waals surface area contributed by atoms with Crippen molar-refractivity contribution in [2.24, 2.45) is 0 Å². The number of benzene rings is 4. The molecule has 4 aromatic rings. The molecular weight excluding hydrogens is 421 g/mol. The van der Waals surface area contributed by atoms with Crippen molar-refractivity contribution in [1.29, 1.82) is 0 Å². The van der Waals surface area contributed by atoms with E-state index in [9.17, 15) is 30.7 Å². The summed E-state index contributed by atoms with van der Waals surface area (Å²) in [6.07, 6.45) is 0.417. The van der Waals surface area contributed by atoms with E-state index in [0.29, 0.717) is 18.1 Å². The molecule has 0 nitrogen and oxygen atoms in total. The van der Waals surface area contributed by atoms with Crippen LogP contribution in [0.15, 0.2) is 48.5 Å². The highest BCUT2D eigenvalue weighted by Crippen LogP contribution is 2.35. The smallest absolute Gasteiger partial charge is 0.195 e. The van der Waals surface area contributed by atoms with E-state index in [1.54, 1.807) is 6.92 Å². The molecule has 0 radical (unpaired) electrons. The van der Waals surface area contributed by atoms with Crippen LogP contribution in [0.2, 0.25) is 0 Å². The fourth-order valence-corrected chi connectivity index (χ4v) is 3.55. The Morgan fingerprint density at radius 3 is 1.84 bits per heavy atom. The number of hydrogen-bond donors (Lipinski definition) is 0. The molecule has 0 amide bonds. The largest absolute Gasteiger partial charge is 0.206 e. The van der Waals surface area contributed by atoms with E-state index in [4.69, 9.17) is 0 Å². The Kier molecular flexibility index (Phi) is 5.21. The molecule has 31 heavy (non-hydrogen) atoms. The lowest BCUT2D eigenvalue weighted by Gasteiger charge is -2.11. The van der Waals surface area contributed by atoms with Crippen molar-refractivity contribution in [2.45, 2.75) is 13.3 Å². The molecule has 0 aliphatic heterocycles. The highest BCUT2D eigenvalue weighted by atomic mass is 19.2. The van der Waals surface area contributed by atoms with Crippen molar-refractivity contribution in [3.05, 3.63) is 94.8 Å². The van der Waals surface area contributed by atoms with Crippen molar-refractivity contribution < 1.29 is 30.7 Å². The van der Waals surface area contributed by atoms with Gasteiger partial charge in [-0.2, -0.15) is 0 Å². The molecule has 158 valence electrons. The van der Waals surface area contributed by atoms with Crippen LogP contribution in [0.5, 0.6) is 0 Å². The van der Waals surface area contributed by atoms with Gasteiger partial charge in [-0.1, -0.05) is 19.1 Å². The zero-order valence-corrected chi connectivity index (χ0v) is 16.0. The zero-order chi connectivity index (χ0) is 22.4. The van der Waals surface area contributed by atoms with E-state index in [0.717, 1.165) is 30.3 Å². The maximum atomic E-state index is 14.8. The van der Waals surface area contributed by atoms with Gasteiger partial charge in [-0.25, -0.2) is 30.7 Å². The van der Waals surface area contributed by atoms with Gasteiger partial charge in [0.25, 0.3) is 0 Å². The summed E-state index contributed by atoms with van der Waals surface area (Å²) in [7, 11) is 0. The summed E-state index contributed by atoms with van der Waals surface area (Å²) in [5.74, 6) is -8.86. The Balaban J connectivity index is 1.84. The molecule has 4 aromatic carbocycles. The van der Waals surface area contributed by atoms with Gasteiger partial charge >= 0.3 is 0 Å². The Morgan fingerprint density at radius 2 is 1.23 bits per heavy atom. The molecule has 0 N–H and O–H groups in total. The van der Waals surface area contributed by atoms with Gasteiger partial charge in [0.2, 0.25) is 0 Å². The molecule has 0 aliphatic rings. The van der Waals surface area contributed by atoms with Gasteiger partial charge in [-0.05, 0) is 64.9 Å². The maximum Gasteiger partial charge on any atom is 0.195 e. The first-order valence-electron chi connectivity index (χ1n) is 9.26. The first kappa shape index (κ1) is 20.9. The number of aryl methyl sites for hydroxylation is 1. The highest BCUT2D eigenvalue weighted by Gasteiger charge is 2.20. The topological polar surface area (TPSA) is 0 Å². The first-order chi connectivity index (χ1) is 14.7. The second kappa shape index (κ2) is 7.72. The molecule has 0 aliphatic carbocycles. The number of hydrogen-bond acceptors (Lipinski definition) is 0. The summed E-state index contributed by atoms with van der Waals surface area (Å²) in [5, 5.41) is -1.07. The fourth-order valence-electron chi connectivity index (χ4n) is 3.55. The molecule has 0 heterocycles. The van der Waals surface area contributed by atoms with E-state index in [2.05, 4.69) is 0 Å². The van der Waals surface area contributed by atoms with E-state index in [-0.39, 0.29) is 22.1 Å².